The minimum absolute atomic E-state index is 0.115. The molecular weight excluding hydrogens is 390 g/mol. The van der Waals surface area contributed by atoms with Crippen molar-refractivity contribution in [2.24, 2.45) is 0 Å². The van der Waals surface area contributed by atoms with Crippen molar-refractivity contribution in [2.45, 2.75) is 32.6 Å². The van der Waals surface area contributed by atoms with Crippen LogP contribution in [0.3, 0.4) is 0 Å². The molecule has 3 fully saturated rings. The molecule has 1 amide bonds. The summed E-state index contributed by atoms with van der Waals surface area (Å²) in [7, 11) is 0. The average molecular weight is 422 g/mol. The van der Waals surface area contributed by atoms with E-state index >= 15 is 0 Å². The van der Waals surface area contributed by atoms with E-state index in [0.29, 0.717) is 13.1 Å². The number of aryl methyl sites for hydroxylation is 1. The normalized spacial score (nSPS) is 19.4. The van der Waals surface area contributed by atoms with Gasteiger partial charge in [-0.1, -0.05) is 18.2 Å². The summed E-state index contributed by atoms with van der Waals surface area (Å²) in [5.74, 6) is 2.48. The van der Waals surface area contributed by atoms with Crippen LogP contribution in [0.15, 0.2) is 24.3 Å². The molecule has 164 valence electrons. The molecule has 0 aliphatic carbocycles. The fraction of sp³-hybridized carbons (Fsp3) is 0.565. The van der Waals surface area contributed by atoms with Crippen molar-refractivity contribution in [3.05, 3.63) is 35.4 Å². The zero-order valence-corrected chi connectivity index (χ0v) is 18.3. The van der Waals surface area contributed by atoms with Gasteiger partial charge in [0.1, 0.15) is 0 Å². The van der Waals surface area contributed by atoms with Gasteiger partial charge in [-0.2, -0.15) is 15.0 Å². The predicted molar refractivity (Wildman–Crippen MR) is 122 cm³/mol. The molecule has 0 bridgehead atoms. The van der Waals surface area contributed by atoms with Crippen LogP contribution in [-0.4, -0.2) is 78.1 Å². The molecule has 0 atom stereocenters. The second kappa shape index (κ2) is 8.69. The standard InChI is InChI=1S/C23H31N7O/c1-18-8-2-3-9-19(18)20(31)27-14-16-30(17-15-27)23-25-21(28-10-4-5-11-28)24-22(26-23)29-12-6-7-13-29/h2-3,8-9H,4-7,10-17H2,1H3. The third kappa shape index (κ3) is 4.16. The Morgan fingerprint density at radius 3 is 1.61 bits per heavy atom. The van der Waals surface area contributed by atoms with Crippen LogP contribution in [0, 0.1) is 6.92 Å². The summed E-state index contributed by atoms with van der Waals surface area (Å²) in [6.45, 7) is 8.88. The molecule has 31 heavy (non-hydrogen) atoms. The number of aromatic nitrogens is 3. The summed E-state index contributed by atoms with van der Waals surface area (Å²) in [6, 6.07) is 7.82. The third-order valence-corrected chi connectivity index (χ3v) is 6.60. The van der Waals surface area contributed by atoms with E-state index in [1.165, 1.54) is 25.7 Å². The fourth-order valence-corrected chi connectivity index (χ4v) is 4.69. The summed E-state index contributed by atoms with van der Waals surface area (Å²) in [6.07, 6.45) is 4.78. The minimum atomic E-state index is 0.115. The van der Waals surface area contributed by atoms with E-state index in [4.69, 9.17) is 15.0 Å². The Kier molecular flexibility index (Phi) is 5.61. The summed E-state index contributed by atoms with van der Waals surface area (Å²) in [5, 5.41) is 0. The summed E-state index contributed by atoms with van der Waals surface area (Å²) < 4.78 is 0. The Hall–Kier alpha value is -2.90. The number of carbonyl (C=O) groups is 1. The van der Waals surface area contributed by atoms with Crippen LogP contribution in [0.4, 0.5) is 17.8 Å². The van der Waals surface area contributed by atoms with Crippen molar-refractivity contribution < 1.29 is 4.79 Å². The highest BCUT2D eigenvalue weighted by molar-refractivity contribution is 5.95. The van der Waals surface area contributed by atoms with Crippen LogP contribution < -0.4 is 14.7 Å². The van der Waals surface area contributed by atoms with Crippen LogP contribution in [0.5, 0.6) is 0 Å². The maximum atomic E-state index is 13.0. The smallest absolute Gasteiger partial charge is 0.254 e. The highest BCUT2D eigenvalue weighted by atomic mass is 16.2. The van der Waals surface area contributed by atoms with Crippen molar-refractivity contribution >= 4 is 23.8 Å². The summed E-state index contributed by atoms with van der Waals surface area (Å²) >= 11 is 0. The van der Waals surface area contributed by atoms with Gasteiger partial charge in [0, 0.05) is 57.9 Å². The molecule has 3 saturated heterocycles. The first-order valence-corrected chi connectivity index (χ1v) is 11.5. The van der Waals surface area contributed by atoms with Gasteiger partial charge in [0.2, 0.25) is 17.8 Å². The van der Waals surface area contributed by atoms with Crippen LogP contribution >= 0.6 is 0 Å². The van der Waals surface area contributed by atoms with Gasteiger partial charge in [0.05, 0.1) is 0 Å². The molecule has 1 aromatic carbocycles. The van der Waals surface area contributed by atoms with Crippen LogP contribution in [0.2, 0.25) is 0 Å². The lowest BCUT2D eigenvalue weighted by Crippen LogP contribution is -2.49. The summed E-state index contributed by atoms with van der Waals surface area (Å²) in [5.41, 5.74) is 1.82. The Bertz CT molecular complexity index is 895. The lowest BCUT2D eigenvalue weighted by Gasteiger charge is -2.35. The lowest BCUT2D eigenvalue weighted by atomic mass is 10.1. The lowest BCUT2D eigenvalue weighted by molar-refractivity contribution is 0.0745. The molecule has 4 heterocycles. The van der Waals surface area contributed by atoms with Crippen molar-refractivity contribution in [3.8, 4) is 0 Å². The van der Waals surface area contributed by atoms with Crippen LogP contribution in [0.25, 0.3) is 0 Å². The maximum absolute atomic E-state index is 13.0. The molecule has 0 unspecified atom stereocenters. The van der Waals surface area contributed by atoms with E-state index in [9.17, 15) is 4.79 Å². The predicted octanol–water partition coefficient (Wildman–Crippen LogP) is 2.34. The molecule has 0 saturated carbocycles. The number of piperazine rings is 1. The molecule has 8 heteroatoms. The number of rotatable bonds is 4. The summed E-state index contributed by atoms with van der Waals surface area (Å²) in [4.78, 5) is 36.2. The van der Waals surface area contributed by atoms with E-state index in [-0.39, 0.29) is 5.91 Å². The van der Waals surface area contributed by atoms with Crippen molar-refractivity contribution in [1.82, 2.24) is 19.9 Å². The maximum Gasteiger partial charge on any atom is 0.254 e. The number of hydrogen-bond donors (Lipinski definition) is 0. The number of nitrogens with zero attached hydrogens (tertiary/aromatic N) is 7. The SMILES string of the molecule is Cc1ccccc1C(=O)N1CCN(c2nc(N3CCCC3)nc(N3CCCC3)n2)CC1. The van der Waals surface area contributed by atoms with Gasteiger partial charge < -0.3 is 19.6 Å². The molecule has 0 N–H and O–H groups in total. The molecule has 1 aromatic heterocycles. The number of benzene rings is 1. The largest absolute Gasteiger partial charge is 0.341 e. The molecule has 3 aliphatic rings. The highest BCUT2D eigenvalue weighted by Gasteiger charge is 2.27. The van der Waals surface area contributed by atoms with Gasteiger partial charge >= 0.3 is 0 Å². The number of amides is 1. The molecular formula is C23H31N7O. The molecule has 0 radical (unpaired) electrons. The molecule has 3 aliphatic heterocycles. The molecule has 5 rings (SSSR count). The van der Waals surface area contributed by atoms with Crippen molar-refractivity contribution in [1.29, 1.82) is 0 Å². The topological polar surface area (TPSA) is 68.7 Å². The van der Waals surface area contributed by atoms with Gasteiger partial charge in [-0.05, 0) is 44.2 Å². The molecule has 2 aromatic rings. The van der Waals surface area contributed by atoms with Gasteiger partial charge in [0.15, 0.2) is 0 Å². The Labute approximate surface area is 183 Å². The Balaban J connectivity index is 1.33. The van der Waals surface area contributed by atoms with Gasteiger partial charge in [-0.15, -0.1) is 0 Å². The van der Waals surface area contributed by atoms with E-state index in [0.717, 1.165) is 68.2 Å². The third-order valence-electron chi connectivity index (χ3n) is 6.60. The Morgan fingerprint density at radius 1 is 0.677 bits per heavy atom. The second-order valence-electron chi connectivity index (χ2n) is 8.72. The van der Waals surface area contributed by atoms with E-state index in [1.807, 2.05) is 36.1 Å². The zero-order valence-electron chi connectivity index (χ0n) is 18.3. The number of carbonyl (C=O) groups excluding carboxylic acids is 1. The first kappa shape index (κ1) is 20.0. The van der Waals surface area contributed by atoms with E-state index in [2.05, 4.69) is 14.7 Å². The highest BCUT2D eigenvalue weighted by Crippen LogP contribution is 2.25. The van der Waals surface area contributed by atoms with Crippen molar-refractivity contribution in [3.63, 3.8) is 0 Å². The first-order chi connectivity index (χ1) is 15.2. The van der Waals surface area contributed by atoms with Gasteiger partial charge in [-0.25, -0.2) is 0 Å². The Morgan fingerprint density at radius 2 is 1.13 bits per heavy atom. The van der Waals surface area contributed by atoms with Crippen LogP contribution in [-0.2, 0) is 0 Å². The van der Waals surface area contributed by atoms with Gasteiger partial charge in [0.25, 0.3) is 5.91 Å². The fourth-order valence-electron chi connectivity index (χ4n) is 4.69. The minimum Gasteiger partial charge on any atom is -0.341 e. The van der Waals surface area contributed by atoms with Crippen LogP contribution in [0.1, 0.15) is 41.6 Å². The molecule has 8 nitrogen and oxygen atoms in total. The van der Waals surface area contributed by atoms with E-state index < -0.39 is 0 Å². The monoisotopic (exact) mass is 421 g/mol. The second-order valence-corrected chi connectivity index (χ2v) is 8.72. The molecule has 0 spiro atoms. The van der Waals surface area contributed by atoms with Crippen molar-refractivity contribution in [2.75, 3.05) is 67.1 Å². The number of hydrogen-bond acceptors (Lipinski definition) is 7. The zero-order chi connectivity index (χ0) is 21.2. The average Bonchev–Trinajstić information content (AvgIpc) is 3.53. The van der Waals surface area contributed by atoms with Gasteiger partial charge in [-0.3, -0.25) is 4.79 Å². The first-order valence-electron chi connectivity index (χ1n) is 11.5. The van der Waals surface area contributed by atoms with E-state index in [1.54, 1.807) is 0 Å². The quantitative estimate of drug-likeness (QED) is 0.751. The number of anilines is 3.